The number of methoxy groups -OCH3 is 2. The van der Waals surface area contributed by atoms with Crippen molar-refractivity contribution in [3.63, 3.8) is 0 Å². The summed E-state index contributed by atoms with van der Waals surface area (Å²) < 4.78 is 16.6. The molecule has 3 nitrogen and oxygen atoms in total. The average molecular weight is 278 g/mol. The molecule has 2 radical (unpaired) electrons. The van der Waals surface area contributed by atoms with Gasteiger partial charge in [-0.15, -0.1) is 0 Å². The fourth-order valence-corrected chi connectivity index (χ4v) is 2.44. The van der Waals surface area contributed by atoms with Crippen molar-refractivity contribution in [1.29, 1.82) is 0 Å². The molecule has 0 fully saturated rings. The van der Waals surface area contributed by atoms with Gasteiger partial charge in [-0.05, 0) is 30.5 Å². The van der Waals surface area contributed by atoms with Crippen molar-refractivity contribution in [3.8, 4) is 0 Å². The maximum Gasteiger partial charge on any atom is 0.304 e. The lowest BCUT2D eigenvalue weighted by molar-refractivity contribution is -0.140. The van der Waals surface area contributed by atoms with Crippen molar-refractivity contribution in [2.75, 3.05) is 14.2 Å². The second kappa shape index (κ2) is 7.60. The van der Waals surface area contributed by atoms with Crippen molar-refractivity contribution < 1.29 is 13.9 Å². The minimum Gasteiger partial charge on any atom is -0.405 e. The highest BCUT2D eigenvalue weighted by Crippen LogP contribution is 2.23. The standard InChI is InChI=1S/C15H22O3Si/c1-6-12-9-8-10-13(11-12)14(7-2)18-19-15(3,16-4)17-5/h6,8-11,14H,1,7H2,2-5H3. The SMILES string of the molecule is C=Cc1cccc(C(CC)O[Si]C(C)(OC)OC)c1. The molecule has 104 valence electrons. The summed E-state index contributed by atoms with van der Waals surface area (Å²) in [5, 5.41) is 0. The van der Waals surface area contributed by atoms with E-state index in [0.29, 0.717) is 0 Å². The highest BCUT2D eigenvalue weighted by Gasteiger charge is 2.27. The molecule has 1 aromatic rings. The Morgan fingerprint density at radius 2 is 2.05 bits per heavy atom. The third-order valence-electron chi connectivity index (χ3n) is 3.05. The van der Waals surface area contributed by atoms with Gasteiger partial charge in [0.1, 0.15) is 0 Å². The second-order valence-corrected chi connectivity index (χ2v) is 5.69. The van der Waals surface area contributed by atoms with Gasteiger partial charge in [0.05, 0.1) is 6.10 Å². The van der Waals surface area contributed by atoms with E-state index in [-0.39, 0.29) is 15.9 Å². The molecule has 0 bridgehead atoms. The highest BCUT2D eigenvalue weighted by molar-refractivity contribution is 6.30. The summed E-state index contributed by atoms with van der Waals surface area (Å²) in [6.07, 6.45) is 2.78. The summed E-state index contributed by atoms with van der Waals surface area (Å²) in [6, 6.07) is 8.22. The number of hydrogen-bond acceptors (Lipinski definition) is 3. The van der Waals surface area contributed by atoms with Crippen LogP contribution in [0.15, 0.2) is 30.8 Å². The largest absolute Gasteiger partial charge is 0.405 e. The molecule has 0 aromatic heterocycles. The maximum absolute atomic E-state index is 5.97. The predicted molar refractivity (Wildman–Crippen MR) is 78.8 cm³/mol. The van der Waals surface area contributed by atoms with Gasteiger partial charge in [0.15, 0.2) is 5.41 Å². The first-order chi connectivity index (χ1) is 9.08. The molecule has 1 aromatic carbocycles. The van der Waals surface area contributed by atoms with Gasteiger partial charge < -0.3 is 13.9 Å². The van der Waals surface area contributed by atoms with Crippen LogP contribution in [0.25, 0.3) is 6.08 Å². The van der Waals surface area contributed by atoms with Crippen LogP contribution >= 0.6 is 0 Å². The van der Waals surface area contributed by atoms with Crippen molar-refractivity contribution in [2.45, 2.75) is 31.8 Å². The lowest BCUT2D eigenvalue weighted by Crippen LogP contribution is -2.39. The van der Waals surface area contributed by atoms with E-state index < -0.39 is 5.41 Å². The van der Waals surface area contributed by atoms with Gasteiger partial charge >= 0.3 is 9.76 Å². The van der Waals surface area contributed by atoms with E-state index in [1.54, 1.807) is 14.2 Å². The Morgan fingerprint density at radius 1 is 1.37 bits per heavy atom. The van der Waals surface area contributed by atoms with Crippen LogP contribution in [0, 0.1) is 0 Å². The quantitative estimate of drug-likeness (QED) is 0.539. The van der Waals surface area contributed by atoms with E-state index in [9.17, 15) is 0 Å². The lowest BCUT2D eigenvalue weighted by atomic mass is 10.0. The Morgan fingerprint density at radius 3 is 2.58 bits per heavy atom. The molecular weight excluding hydrogens is 256 g/mol. The summed E-state index contributed by atoms with van der Waals surface area (Å²) >= 11 is 0. The molecule has 0 aliphatic rings. The molecule has 0 heterocycles. The van der Waals surface area contributed by atoms with Gasteiger partial charge in [-0.3, -0.25) is 0 Å². The molecule has 19 heavy (non-hydrogen) atoms. The topological polar surface area (TPSA) is 27.7 Å². The van der Waals surface area contributed by atoms with E-state index >= 15 is 0 Å². The minimum atomic E-state index is -0.677. The third kappa shape index (κ3) is 4.58. The molecule has 4 heteroatoms. The van der Waals surface area contributed by atoms with Crippen LogP contribution in [0.1, 0.15) is 37.5 Å². The van der Waals surface area contributed by atoms with Crippen LogP contribution in [-0.4, -0.2) is 29.4 Å². The smallest absolute Gasteiger partial charge is 0.304 e. The van der Waals surface area contributed by atoms with E-state index in [1.807, 2.05) is 25.1 Å². The van der Waals surface area contributed by atoms with Crippen molar-refractivity contribution in [2.24, 2.45) is 0 Å². The Hall–Kier alpha value is -0.943. The molecule has 0 saturated carbocycles. The first-order valence-corrected chi connectivity index (χ1v) is 7.25. The Bertz CT molecular complexity index is 402. The molecule has 0 aliphatic carbocycles. The predicted octanol–water partition coefficient (Wildman–Crippen LogP) is 3.38. The summed E-state index contributed by atoms with van der Waals surface area (Å²) in [6.45, 7) is 7.77. The molecule has 1 unspecified atom stereocenters. The molecule has 0 N–H and O–H groups in total. The average Bonchev–Trinajstić information content (AvgIpc) is 2.47. The number of rotatable bonds is 8. The molecule has 1 atom stereocenters. The highest BCUT2D eigenvalue weighted by atomic mass is 28.2. The van der Waals surface area contributed by atoms with Crippen LogP contribution < -0.4 is 0 Å². The summed E-state index contributed by atoms with van der Waals surface area (Å²) in [5.41, 5.74) is 1.58. The third-order valence-corrected chi connectivity index (χ3v) is 4.24. The zero-order chi connectivity index (χ0) is 14.3. The Kier molecular flexibility index (Phi) is 6.44. The van der Waals surface area contributed by atoms with Gasteiger partial charge in [0.25, 0.3) is 0 Å². The maximum atomic E-state index is 5.97. The summed E-state index contributed by atoms with van der Waals surface area (Å²) in [5.74, 6) is 0. The minimum absolute atomic E-state index is 0.0443. The Balaban J connectivity index is 2.75. The zero-order valence-electron chi connectivity index (χ0n) is 12.1. The van der Waals surface area contributed by atoms with Crippen molar-refractivity contribution in [3.05, 3.63) is 42.0 Å². The van der Waals surface area contributed by atoms with Crippen molar-refractivity contribution in [1.82, 2.24) is 0 Å². The van der Waals surface area contributed by atoms with Crippen LogP contribution in [-0.2, 0) is 13.9 Å². The number of ether oxygens (including phenoxy) is 2. The number of hydrogen-bond donors (Lipinski definition) is 0. The summed E-state index contributed by atoms with van der Waals surface area (Å²) in [4.78, 5) is 0. The molecule has 1 rings (SSSR count). The lowest BCUT2D eigenvalue weighted by Gasteiger charge is -2.27. The fourth-order valence-electron chi connectivity index (χ4n) is 1.62. The van der Waals surface area contributed by atoms with Crippen molar-refractivity contribution >= 4 is 15.8 Å². The molecule has 0 aliphatic heterocycles. The first-order valence-electron chi connectivity index (χ1n) is 6.34. The van der Waals surface area contributed by atoms with Gasteiger partial charge in [0.2, 0.25) is 0 Å². The summed E-state index contributed by atoms with van der Waals surface area (Å²) in [7, 11) is 3.36. The number of benzene rings is 1. The first kappa shape index (κ1) is 16.1. The Labute approximate surface area is 118 Å². The van der Waals surface area contributed by atoms with E-state index in [0.717, 1.165) is 17.5 Å². The normalized spacial score (nSPS) is 13.3. The molecular formula is C15H22O3Si. The van der Waals surface area contributed by atoms with Crippen LogP contribution in [0.3, 0.4) is 0 Å². The van der Waals surface area contributed by atoms with Gasteiger partial charge in [-0.25, -0.2) is 0 Å². The van der Waals surface area contributed by atoms with E-state index in [2.05, 4.69) is 25.6 Å². The van der Waals surface area contributed by atoms with E-state index in [1.165, 1.54) is 0 Å². The van der Waals surface area contributed by atoms with Gasteiger partial charge in [0, 0.05) is 14.2 Å². The monoisotopic (exact) mass is 278 g/mol. The second-order valence-electron chi connectivity index (χ2n) is 4.35. The molecule has 0 saturated heterocycles. The van der Waals surface area contributed by atoms with Crippen LogP contribution in [0.2, 0.25) is 0 Å². The molecule has 0 spiro atoms. The van der Waals surface area contributed by atoms with E-state index in [4.69, 9.17) is 13.9 Å². The fraction of sp³-hybridized carbons (Fsp3) is 0.467. The van der Waals surface area contributed by atoms with Gasteiger partial charge in [-0.2, -0.15) is 0 Å². The molecule has 0 amide bonds. The van der Waals surface area contributed by atoms with Gasteiger partial charge in [-0.1, -0.05) is 37.8 Å². The van der Waals surface area contributed by atoms with Crippen LogP contribution in [0.4, 0.5) is 0 Å². The zero-order valence-corrected chi connectivity index (χ0v) is 13.1. The van der Waals surface area contributed by atoms with Crippen LogP contribution in [0.5, 0.6) is 0 Å².